The van der Waals surface area contributed by atoms with Gasteiger partial charge in [0.2, 0.25) is 0 Å². The van der Waals surface area contributed by atoms with Gasteiger partial charge in [0.1, 0.15) is 0 Å². The Morgan fingerprint density at radius 1 is 1.00 bits per heavy atom. The normalized spacial score (nSPS) is 44.0. The molecule has 4 aliphatic rings. The van der Waals surface area contributed by atoms with Crippen molar-refractivity contribution in [2.24, 2.45) is 28.6 Å². The van der Waals surface area contributed by atoms with E-state index in [0.29, 0.717) is 24.2 Å². The predicted molar refractivity (Wildman–Crippen MR) is 121 cm³/mol. The van der Waals surface area contributed by atoms with Crippen LogP contribution in [0.15, 0.2) is 23.3 Å². The SMILES string of the molecule is CC(=O)OC1(C(C)=O)CCC2C3C=C(C)C4=CC(OC(C)C)CCC4(C)C3CCC21C. The first-order valence-corrected chi connectivity index (χ1v) is 12.2. The zero-order chi connectivity index (χ0) is 22.8. The highest BCUT2D eigenvalue weighted by Gasteiger charge is 2.67. The average Bonchev–Trinajstić information content (AvgIpc) is 2.96. The fourth-order valence-corrected chi connectivity index (χ4v) is 8.07. The minimum absolute atomic E-state index is 0.0146. The molecule has 0 heterocycles. The number of allylic oxidation sites excluding steroid dienone is 3. The summed E-state index contributed by atoms with van der Waals surface area (Å²) in [6, 6.07) is 0. The third-order valence-electron chi connectivity index (χ3n) is 9.39. The van der Waals surface area contributed by atoms with Crippen molar-refractivity contribution in [3.63, 3.8) is 0 Å². The molecule has 0 bridgehead atoms. The zero-order valence-electron chi connectivity index (χ0n) is 20.4. The van der Waals surface area contributed by atoms with E-state index < -0.39 is 5.60 Å². The molecule has 0 saturated heterocycles. The van der Waals surface area contributed by atoms with Crippen LogP contribution >= 0.6 is 0 Å². The molecular weight excluding hydrogens is 388 g/mol. The number of Topliss-reactive ketones (excluding diaryl/α,β-unsaturated/α-hetero) is 1. The summed E-state index contributed by atoms with van der Waals surface area (Å²) in [5.74, 6) is 1.05. The molecule has 2 saturated carbocycles. The molecular formula is C27H40O4. The topological polar surface area (TPSA) is 52.6 Å². The summed E-state index contributed by atoms with van der Waals surface area (Å²) in [6.07, 6.45) is 11.2. The maximum Gasteiger partial charge on any atom is 0.303 e. The smallest absolute Gasteiger partial charge is 0.303 e. The summed E-state index contributed by atoms with van der Waals surface area (Å²) in [4.78, 5) is 24.9. The van der Waals surface area contributed by atoms with Crippen LogP contribution in [0.25, 0.3) is 0 Å². The minimum Gasteiger partial charge on any atom is -0.451 e. The van der Waals surface area contributed by atoms with Crippen LogP contribution in [0.1, 0.15) is 87.0 Å². The molecule has 172 valence electrons. The molecule has 4 heteroatoms. The molecule has 0 aromatic carbocycles. The number of esters is 1. The highest BCUT2D eigenvalue weighted by Crippen LogP contribution is 2.68. The van der Waals surface area contributed by atoms with Gasteiger partial charge < -0.3 is 9.47 Å². The van der Waals surface area contributed by atoms with Crippen molar-refractivity contribution in [3.8, 4) is 0 Å². The Labute approximate surface area is 187 Å². The van der Waals surface area contributed by atoms with Crippen LogP contribution in [-0.2, 0) is 19.1 Å². The molecule has 2 fully saturated rings. The number of ether oxygens (including phenoxy) is 2. The molecule has 7 atom stereocenters. The first-order chi connectivity index (χ1) is 14.4. The lowest BCUT2D eigenvalue weighted by molar-refractivity contribution is -0.185. The molecule has 0 aliphatic heterocycles. The lowest BCUT2D eigenvalue weighted by Gasteiger charge is -2.58. The number of carbonyl (C=O) groups excluding carboxylic acids is 2. The van der Waals surface area contributed by atoms with Gasteiger partial charge in [-0.3, -0.25) is 9.59 Å². The maximum absolute atomic E-state index is 12.9. The molecule has 0 aromatic rings. The van der Waals surface area contributed by atoms with Gasteiger partial charge in [-0.05, 0) is 95.0 Å². The number of carbonyl (C=O) groups is 2. The van der Waals surface area contributed by atoms with Crippen LogP contribution in [0, 0.1) is 28.6 Å². The van der Waals surface area contributed by atoms with Crippen LogP contribution in [-0.4, -0.2) is 29.6 Å². The van der Waals surface area contributed by atoms with Crippen LogP contribution in [0.2, 0.25) is 0 Å². The second-order valence-electron chi connectivity index (χ2n) is 11.4. The van der Waals surface area contributed by atoms with Gasteiger partial charge in [0.15, 0.2) is 11.4 Å². The van der Waals surface area contributed by atoms with Crippen molar-refractivity contribution < 1.29 is 19.1 Å². The van der Waals surface area contributed by atoms with Gasteiger partial charge in [0.05, 0.1) is 12.2 Å². The lowest BCUT2D eigenvalue weighted by Crippen LogP contribution is -2.58. The number of rotatable bonds is 4. The van der Waals surface area contributed by atoms with Gasteiger partial charge in [0.25, 0.3) is 0 Å². The molecule has 0 aromatic heterocycles. The predicted octanol–water partition coefficient (Wildman–Crippen LogP) is 5.80. The minimum atomic E-state index is -0.962. The number of ketones is 1. The molecule has 4 aliphatic carbocycles. The van der Waals surface area contributed by atoms with Crippen LogP contribution in [0.5, 0.6) is 0 Å². The van der Waals surface area contributed by atoms with Gasteiger partial charge >= 0.3 is 5.97 Å². The first kappa shape index (κ1) is 22.8. The summed E-state index contributed by atoms with van der Waals surface area (Å²) in [7, 11) is 0. The Bertz CT molecular complexity index is 838. The van der Waals surface area contributed by atoms with Crippen LogP contribution < -0.4 is 0 Å². The van der Waals surface area contributed by atoms with Gasteiger partial charge in [-0.2, -0.15) is 0 Å². The highest BCUT2D eigenvalue weighted by atomic mass is 16.6. The highest BCUT2D eigenvalue weighted by molar-refractivity contribution is 5.89. The molecule has 0 spiro atoms. The summed E-state index contributed by atoms with van der Waals surface area (Å²) in [5, 5.41) is 0. The second-order valence-corrected chi connectivity index (χ2v) is 11.4. The van der Waals surface area contributed by atoms with E-state index >= 15 is 0 Å². The van der Waals surface area contributed by atoms with Gasteiger partial charge in [-0.25, -0.2) is 0 Å². The summed E-state index contributed by atoms with van der Waals surface area (Å²) >= 11 is 0. The average molecular weight is 429 g/mol. The van der Waals surface area contributed by atoms with Crippen molar-refractivity contribution in [2.45, 2.75) is 105 Å². The summed E-state index contributed by atoms with van der Waals surface area (Å²) in [5.41, 5.74) is 1.75. The summed E-state index contributed by atoms with van der Waals surface area (Å²) < 4.78 is 12.0. The van der Waals surface area contributed by atoms with Crippen molar-refractivity contribution in [1.82, 2.24) is 0 Å². The third-order valence-corrected chi connectivity index (χ3v) is 9.39. The quantitative estimate of drug-likeness (QED) is 0.531. The molecule has 0 amide bonds. The van der Waals surface area contributed by atoms with E-state index in [0.717, 1.165) is 32.1 Å². The van der Waals surface area contributed by atoms with E-state index in [9.17, 15) is 9.59 Å². The first-order valence-electron chi connectivity index (χ1n) is 12.2. The Balaban J connectivity index is 1.72. The molecule has 4 rings (SSSR count). The van der Waals surface area contributed by atoms with E-state index in [-0.39, 0.29) is 34.8 Å². The Hall–Kier alpha value is -1.42. The number of fused-ring (bicyclic) bond motifs is 5. The van der Waals surface area contributed by atoms with E-state index in [1.807, 2.05) is 0 Å². The molecule has 31 heavy (non-hydrogen) atoms. The van der Waals surface area contributed by atoms with Crippen LogP contribution in [0.3, 0.4) is 0 Å². The standard InChI is InChI=1S/C27H40O4/c1-16(2)30-20-8-11-25(6)22-9-12-26(7)23(21(22)14-17(3)24(25)15-20)10-13-27(26,18(4)28)31-19(5)29/h14-16,20-23H,8-13H2,1-7H3. The zero-order valence-corrected chi connectivity index (χ0v) is 20.4. The van der Waals surface area contributed by atoms with Crippen molar-refractivity contribution >= 4 is 11.8 Å². The van der Waals surface area contributed by atoms with E-state index in [1.165, 1.54) is 18.1 Å². The Morgan fingerprint density at radius 3 is 2.29 bits per heavy atom. The maximum atomic E-state index is 12.9. The fourth-order valence-electron chi connectivity index (χ4n) is 8.07. The lowest BCUT2D eigenvalue weighted by atomic mass is 9.47. The summed E-state index contributed by atoms with van der Waals surface area (Å²) in [6.45, 7) is 14.2. The Morgan fingerprint density at radius 2 is 1.68 bits per heavy atom. The Kier molecular flexibility index (Phi) is 5.56. The molecule has 4 nitrogen and oxygen atoms in total. The van der Waals surface area contributed by atoms with Crippen molar-refractivity contribution in [1.29, 1.82) is 0 Å². The van der Waals surface area contributed by atoms with Gasteiger partial charge in [-0.15, -0.1) is 0 Å². The van der Waals surface area contributed by atoms with E-state index in [1.54, 1.807) is 6.92 Å². The fraction of sp³-hybridized carbons (Fsp3) is 0.778. The van der Waals surface area contributed by atoms with E-state index in [2.05, 4.69) is 46.8 Å². The molecule has 7 unspecified atom stereocenters. The molecule has 0 N–H and O–H groups in total. The van der Waals surface area contributed by atoms with Gasteiger partial charge in [0, 0.05) is 12.3 Å². The third kappa shape index (κ3) is 3.27. The van der Waals surface area contributed by atoms with Gasteiger partial charge in [-0.1, -0.05) is 31.6 Å². The van der Waals surface area contributed by atoms with E-state index in [4.69, 9.17) is 9.47 Å². The number of hydrogen-bond donors (Lipinski definition) is 0. The number of hydrogen-bond acceptors (Lipinski definition) is 4. The van der Waals surface area contributed by atoms with Crippen molar-refractivity contribution in [3.05, 3.63) is 23.3 Å². The largest absolute Gasteiger partial charge is 0.451 e. The monoisotopic (exact) mass is 428 g/mol. The van der Waals surface area contributed by atoms with Crippen LogP contribution in [0.4, 0.5) is 0 Å². The second kappa shape index (κ2) is 7.57. The van der Waals surface area contributed by atoms with Crippen molar-refractivity contribution in [2.75, 3.05) is 0 Å². The molecule has 0 radical (unpaired) electrons.